The Hall–Kier alpha value is -1.26. The van der Waals surface area contributed by atoms with Gasteiger partial charge in [-0.15, -0.1) is 11.3 Å². The molecule has 2 aromatic rings. The first-order valence-electron chi connectivity index (χ1n) is 5.76. The molecule has 0 radical (unpaired) electrons. The topological polar surface area (TPSA) is 37.8 Å². The van der Waals surface area contributed by atoms with Crippen LogP contribution in [0.5, 0.6) is 0 Å². The third-order valence-corrected chi connectivity index (χ3v) is 3.31. The average molecular weight is 247 g/mol. The normalized spacial score (nSPS) is 10.7. The summed E-state index contributed by atoms with van der Waals surface area (Å²) >= 11 is 1.71. The standard InChI is InChI=1S/C13H17N3S/c1-10-5-12(8-15-6-10)7-14-4-3-13-9-17-11(2)16-13/h5-6,8-9,14H,3-4,7H2,1-2H3. The van der Waals surface area contributed by atoms with Crippen molar-refractivity contribution >= 4 is 11.3 Å². The van der Waals surface area contributed by atoms with Crippen molar-refractivity contribution in [1.29, 1.82) is 0 Å². The second-order valence-corrected chi connectivity index (χ2v) is 5.22. The Balaban J connectivity index is 1.73. The third kappa shape index (κ3) is 3.91. The highest BCUT2D eigenvalue weighted by molar-refractivity contribution is 7.09. The van der Waals surface area contributed by atoms with Crippen molar-refractivity contribution in [3.63, 3.8) is 0 Å². The van der Waals surface area contributed by atoms with Crippen molar-refractivity contribution in [3.05, 3.63) is 45.7 Å². The van der Waals surface area contributed by atoms with Crippen LogP contribution in [0.25, 0.3) is 0 Å². The van der Waals surface area contributed by atoms with Gasteiger partial charge in [-0.05, 0) is 25.0 Å². The molecule has 4 heteroatoms. The number of nitrogens with zero attached hydrogens (tertiary/aromatic N) is 2. The molecular weight excluding hydrogens is 230 g/mol. The number of nitrogens with one attached hydrogen (secondary N) is 1. The van der Waals surface area contributed by atoms with Gasteiger partial charge in [-0.25, -0.2) is 4.98 Å². The van der Waals surface area contributed by atoms with E-state index in [0.29, 0.717) is 0 Å². The highest BCUT2D eigenvalue weighted by atomic mass is 32.1. The number of pyridine rings is 1. The molecule has 0 bridgehead atoms. The molecule has 3 nitrogen and oxygen atoms in total. The highest BCUT2D eigenvalue weighted by Gasteiger charge is 1.98. The van der Waals surface area contributed by atoms with Gasteiger partial charge in [-0.2, -0.15) is 0 Å². The zero-order valence-electron chi connectivity index (χ0n) is 10.2. The quantitative estimate of drug-likeness (QED) is 0.825. The van der Waals surface area contributed by atoms with Crippen LogP contribution in [0.2, 0.25) is 0 Å². The van der Waals surface area contributed by atoms with Crippen molar-refractivity contribution in [3.8, 4) is 0 Å². The second kappa shape index (κ2) is 5.89. The van der Waals surface area contributed by atoms with Crippen LogP contribution in [0, 0.1) is 13.8 Å². The van der Waals surface area contributed by atoms with E-state index in [2.05, 4.69) is 33.7 Å². The smallest absolute Gasteiger partial charge is 0.0897 e. The largest absolute Gasteiger partial charge is 0.312 e. The lowest BCUT2D eigenvalue weighted by molar-refractivity contribution is 0.679. The van der Waals surface area contributed by atoms with Gasteiger partial charge in [0, 0.05) is 37.3 Å². The van der Waals surface area contributed by atoms with Crippen molar-refractivity contribution in [1.82, 2.24) is 15.3 Å². The summed E-state index contributed by atoms with van der Waals surface area (Å²) in [7, 11) is 0. The first-order valence-corrected chi connectivity index (χ1v) is 6.64. The van der Waals surface area contributed by atoms with Crippen LogP contribution >= 0.6 is 11.3 Å². The third-order valence-electron chi connectivity index (χ3n) is 2.49. The van der Waals surface area contributed by atoms with Gasteiger partial charge >= 0.3 is 0 Å². The summed E-state index contributed by atoms with van der Waals surface area (Å²) in [5.41, 5.74) is 3.63. The number of rotatable bonds is 5. The second-order valence-electron chi connectivity index (χ2n) is 4.16. The van der Waals surface area contributed by atoms with Gasteiger partial charge in [0.15, 0.2) is 0 Å². The zero-order valence-corrected chi connectivity index (χ0v) is 11.0. The molecule has 90 valence electrons. The van der Waals surface area contributed by atoms with Gasteiger partial charge in [0.1, 0.15) is 0 Å². The molecule has 0 amide bonds. The van der Waals surface area contributed by atoms with E-state index in [4.69, 9.17) is 0 Å². The molecule has 0 aromatic carbocycles. The van der Waals surface area contributed by atoms with Gasteiger partial charge in [0.05, 0.1) is 10.7 Å². The predicted molar refractivity (Wildman–Crippen MR) is 71.2 cm³/mol. The van der Waals surface area contributed by atoms with Crippen LogP contribution in [-0.4, -0.2) is 16.5 Å². The summed E-state index contributed by atoms with van der Waals surface area (Å²) in [5, 5.41) is 6.68. The Labute approximate surface area is 106 Å². The minimum Gasteiger partial charge on any atom is -0.312 e. The summed E-state index contributed by atoms with van der Waals surface area (Å²) < 4.78 is 0. The molecule has 0 unspecified atom stereocenters. The fraction of sp³-hybridized carbons (Fsp3) is 0.385. The number of hydrogen-bond donors (Lipinski definition) is 1. The van der Waals surface area contributed by atoms with E-state index in [1.807, 2.05) is 19.3 Å². The van der Waals surface area contributed by atoms with Crippen LogP contribution in [0.4, 0.5) is 0 Å². The van der Waals surface area contributed by atoms with Gasteiger partial charge in [0.2, 0.25) is 0 Å². The molecule has 0 atom stereocenters. The predicted octanol–water partition coefficient (Wildman–Crippen LogP) is 2.49. The molecule has 0 fully saturated rings. The van der Waals surface area contributed by atoms with Gasteiger partial charge in [-0.1, -0.05) is 6.07 Å². The molecule has 2 rings (SSSR count). The van der Waals surface area contributed by atoms with Gasteiger partial charge < -0.3 is 5.32 Å². The molecular formula is C13H17N3S. The lowest BCUT2D eigenvalue weighted by atomic mass is 10.2. The monoisotopic (exact) mass is 247 g/mol. The molecule has 0 aliphatic rings. The van der Waals surface area contributed by atoms with Crippen molar-refractivity contribution < 1.29 is 0 Å². The lowest BCUT2D eigenvalue weighted by Crippen LogP contribution is -2.17. The van der Waals surface area contributed by atoms with E-state index < -0.39 is 0 Å². The minimum atomic E-state index is 0.873. The Morgan fingerprint density at radius 3 is 2.88 bits per heavy atom. The fourth-order valence-electron chi connectivity index (χ4n) is 1.69. The molecule has 0 aliphatic heterocycles. The highest BCUT2D eigenvalue weighted by Crippen LogP contribution is 2.08. The van der Waals surface area contributed by atoms with Crippen LogP contribution in [0.1, 0.15) is 21.8 Å². The minimum absolute atomic E-state index is 0.873. The van der Waals surface area contributed by atoms with Crippen LogP contribution in [-0.2, 0) is 13.0 Å². The van der Waals surface area contributed by atoms with E-state index in [1.54, 1.807) is 11.3 Å². The fourth-order valence-corrected chi connectivity index (χ4v) is 2.33. The molecule has 17 heavy (non-hydrogen) atoms. The summed E-state index contributed by atoms with van der Waals surface area (Å²) in [5.74, 6) is 0. The number of aromatic nitrogens is 2. The summed E-state index contributed by atoms with van der Waals surface area (Å²) in [6.07, 6.45) is 4.78. The van der Waals surface area contributed by atoms with Crippen molar-refractivity contribution in [2.24, 2.45) is 0 Å². The summed E-state index contributed by atoms with van der Waals surface area (Å²) in [6.45, 7) is 5.93. The Morgan fingerprint density at radius 1 is 1.29 bits per heavy atom. The molecule has 2 aromatic heterocycles. The Bertz CT molecular complexity index is 479. The number of thiazole rings is 1. The van der Waals surface area contributed by atoms with Gasteiger partial charge in [-0.3, -0.25) is 4.98 Å². The molecule has 0 spiro atoms. The average Bonchev–Trinajstić information content (AvgIpc) is 2.71. The maximum Gasteiger partial charge on any atom is 0.0897 e. The zero-order chi connectivity index (χ0) is 12.1. The molecule has 0 aliphatic carbocycles. The Kier molecular flexibility index (Phi) is 4.23. The number of hydrogen-bond acceptors (Lipinski definition) is 4. The Morgan fingerprint density at radius 2 is 2.18 bits per heavy atom. The van der Waals surface area contributed by atoms with Crippen LogP contribution < -0.4 is 5.32 Å². The summed E-state index contributed by atoms with van der Waals surface area (Å²) in [4.78, 5) is 8.61. The van der Waals surface area contributed by atoms with E-state index in [9.17, 15) is 0 Å². The number of aryl methyl sites for hydroxylation is 2. The van der Waals surface area contributed by atoms with Gasteiger partial charge in [0.25, 0.3) is 0 Å². The van der Waals surface area contributed by atoms with Crippen molar-refractivity contribution in [2.75, 3.05) is 6.54 Å². The van der Waals surface area contributed by atoms with E-state index in [-0.39, 0.29) is 0 Å². The van der Waals surface area contributed by atoms with E-state index in [1.165, 1.54) is 16.8 Å². The van der Waals surface area contributed by atoms with Crippen LogP contribution in [0.3, 0.4) is 0 Å². The maximum absolute atomic E-state index is 4.44. The molecule has 2 heterocycles. The first kappa shape index (κ1) is 12.2. The summed E-state index contributed by atoms with van der Waals surface area (Å²) in [6, 6.07) is 2.16. The molecule has 0 saturated carbocycles. The maximum atomic E-state index is 4.44. The van der Waals surface area contributed by atoms with Crippen molar-refractivity contribution in [2.45, 2.75) is 26.8 Å². The van der Waals surface area contributed by atoms with E-state index in [0.717, 1.165) is 24.5 Å². The van der Waals surface area contributed by atoms with Crippen LogP contribution in [0.15, 0.2) is 23.8 Å². The SMILES string of the molecule is Cc1cncc(CNCCc2csc(C)n2)c1. The first-order chi connectivity index (χ1) is 8.24. The molecule has 0 saturated heterocycles. The molecule has 1 N–H and O–H groups in total. The van der Waals surface area contributed by atoms with E-state index >= 15 is 0 Å². The lowest BCUT2D eigenvalue weighted by Gasteiger charge is -2.04.